The summed E-state index contributed by atoms with van der Waals surface area (Å²) >= 11 is 3.41. The molecule has 0 nitrogen and oxygen atoms in total. The van der Waals surface area contributed by atoms with Gasteiger partial charge in [0.05, 0.1) is 0 Å². The summed E-state index contributed by atoms with van der Waals surface area (Å²) in [6, 6.07) is 8.68. The summed E-state index contributed by atoms with van der Waals surface area (Å²) in [5.41, 5.74) is 2.65. The van der Waals surface area contributed by atoms with E-state index < -0.39 is 0 Å². The molecular weight excluding hydrogens is 260 g/mol. The van der Waals surface area contributed by atoms with Gasteiger partial charge in [-0.3, -0.25) is 0 Å². The molecule has 0 aliphatic carbocycles. The Morgan fingerprint density at radius 1 is 1.38 bits per heavy atom. The van der Waals surface area contributed by atoms with E-state index in [9.17, 15) is 0 Å². The van der Waals surface area contributed by atoms with Crippen molar-refractivity contribution in [3.63, 3.8) is 0 Å². The molecule has 0 bridgehead atoms. The Bertz CT molecular complexity index is 375. The summed E-state index contributed by atoms with van der Waals surface area (Å²) in [6.45, 7) is 12.2. The van der Waals surface area contributed by atoms with Crippen LogP contribution in [0.15, 0.2) is 48.0 Å². The highest BCUT2D eigenvalue weighted by atomic mass is 79.9. The summed E-state index contributed by atoms with van der Waals surface area (Å²) < 4.78 is 1.05. The van der Waals surface area contributed by atoms with Gasteiger partial charge in [0, 0.05) is 5.41 Å². The first-order valence-corrected chi connectivity index (χ1v) is 6.31. The lowest BCUT2D eigenvalue weighted by Crippen LogP contribution is -2.18. The van der Waals surface area contributed by atoms with Crippen molar-refractivity contribution in [2.75, 3.05) is 0 Å². The Kier molecular flexibility index (Phi) is 4.55. The van der Waals surface area contributed by atoms with Crippen molar-refractivity contribution in [1.82, 2.24) is 0 Å². The monoisotopic (exact) mass is 278 g/mol. The molecule has 86 valence electrons. The standard InChI is InChI=1S/C15H19Br/c1-5-15(4,11-10-13(3)16)14-8-6-12(2)7-9-14/h5-9H,1,3,10-11H2,2,4H3. The zero-order valence-corrected chi connectivity index (χ0v) is 11.7. The van der Waals surface area contributed by atoms with Crippen LogP contribution in [-0.2, 0) is 5.41 Å². The number of allylic oxidation sites excluding steroid dienone is 2. The van der Waals surface area contributed by atoms with E-state index >= 15 is 0 Å². The molecule has 1 aromatic rings. The minimum absolute atomic E-state index is 0.0322. The van der Waals surface area contributed by atoms with E-state index in [1.807, 2.05) is 6.08 Å². The maximum atomic E-state index is 3.96. The Morgan fingerprint density at radius 3 is 2.38 bits per heavy atom. The summed E-state index contributed by atoms with van der Waals surface area (Å²) in [5.74, 6) is 0. The molecule has 0 heterocycles. The van der Waals surface area contributed by atoms with E-state index in [-0.39, 0.29) is 5.41 Å². The maximum Gasteiger partial charge on any atom is 0.0104 e. The highest BCUT2D eigenvalue weighted by Crippen LogP contribution is 2.32. The molecule has 1 unspecified atom stereocenters. The van der Waals surface area contributed by atoms with Gasteiger partial charge >= 0.3 is 0 Å². The van der Waals surface area contributed by atoms with Crippen LogP contribution in [0, 0.1) is 6.92 Å². The smallest absolute Gasteiger partial charge is 0.0104 e. The minimum atomic E-state index is 0.0322. The molecular formula is C15H19Br. The predicted octanol–water partition coefficient (Wildman–Crippen LogP) is 5.13. The van der Waals surface area contributed by atoms with Crippen molar-refractivity contribution in [3.8, 4) is 0 Å². The van der Waals surface area contributed by atoms with Crippen molar-refractivity contribution < 1.29 is 0 Å². The molecule has 1 heteroatoms. The van der Waals surface area contributed by atoms with Gasteiger partial charge in [-0.15, -0.1) is 6.58 Å². The van der Waals surface area contributed by atoms with Crippen LogP contribution >= 0.6 is 15.9 Å². The first-order chi connectivity index (χ1) is 7.48. The van der Waals surface area contributed by atoms with Crippen molar-refractivity contribution >= 4 is 15.9 Å². The fraction of sp³-hybridized carbons (Fsp3) is 0.333. The molecule has 0 aliphatic heterocycles. The van der Waals surface area contributed by atoms with Crippen molar-refractivity contribution in [3.05, 3.63) is 59.1 Å². The first-order valence-electron chi connectivity index (χ1n) is 5.52. The molecule has 1 rings (SSSR count). The molecule has 0 radical (unpaired) electrons. The molecule has 0 fully saturated rings. The number of rotatable bonds is 5. The second-order valence-electron chi connectivity index (χ2n) is 4.50. The van der Waals surface area contributed by atoms with Crippen molar-refractivity contribution in [2.45, 2.75) is 32.1 Å². The lowest BCUT2D eigenvalue weighted by atomic mass is 9.78. The molecule has 16 heavy (non-hydrogen) atoms. The van der Waals surface area contributed by atoms with Gasteiger partial charge in [0.1, 0.15) is 0 Å². The molecule has 1 atom stereocenters. The Hall–Kier alpha value is -0.820. The number of aryl methyl sites for hydroxylation is 1. The summed E-state index contributed by atoms with van der Waals surface area (Å²) in [5, 5.41) is 0. The SMILES string of the molecule is C=CC(C)(CCC(=C)Br)c1ccc(C)cc1. The third kappa shape index (κ3) is 3.34. The fourth-order valence-corrected chi connectivity index (χ4v) is 1.89. The van der Waals surface area contributed by atoms with Crippen LogP contribution in [0.4, 0.5) is 0 Å². The van der Waals surface area contributed by atoms with E-state index in [1.165, 1.54) is 11.1 Å². The summed E-state index contributed by atoms with van der Waals surface area (Å²) in [6.07, 6.45) is 4.04. The largest absolute Gasteiger partial charge is 0.102 e. The van der Waals surface area contributed by atoms with Crippen LogP contribution in [0.5, 0.6) is 0 Å². The number of hydrogen-bond donors (Lipinski definition) is 0. The van der Waals surface area contributed by atoms with Gasteiger partial charge in [0.25, 0.3) is 0 Å². The lowest BCUT2D eigenvalue weighted by Gasteiger charge is -2.26. The van der Waals surface area contributed by atoms with E-state index in [4.69, 9.17) is 0 Å². The highest BCUT2D eigenvalue weighted by Gasteiger charge is 2.22. The fourth-order valence-electron chi connectivity index (χ4n) is 1.69. The average Bonchev–Trinajstić information content (AvgIpc) is 2.27. The quantitative estimate of drug-likeness (QED) is 0.656. The number of hydrogen-bond acceptors (Lipinski definition) is 0. The van der Waals surface area contributed by atoms with Crippen LogP contribution in [0.2, 0.25) is 0 Å². The van der Waals surface area contributed by atoms with Crippen LogP contribution in [0.3, 0.4) is 0 Å². The summed E-state index contributed by atoms with van der Waals surface area (Å²) in [7, 11) is 0. The topological polar surface area (TPSA) is 0 Å². The summed E-state index contributed by atoms with van der Waals surface area (Å²) in [4.78, 5) is 0. The van der Waals surface area contributed by atoms with E-state index in [0.717, 1.165) is 17.3 Å². The van der Waals surface area contributed by atoms with Gasteiger partial charge in [-0.05, 0) is 29.8 Å². The second-order valence-corrected chi connectivity index (χ2v) is 5.63. The van der Waals surface area contributed by atoms with Gasteiger partial charge in [0.15, 0.2) is 0 Å². The van der Waals surface area contributed by atoms with Crippen LogP contribution in [0.1, 0.15) is 30.9 Å². The second kappa shape index (κ2) is 5.49. The van der Waals surface area contributed by atoms with E-state index in [1.54, 1.807) is 0 Å². The molecule has 0 spiro atoms. The van der Waals surface area contributed by atoms with E-state index in [0.29, 0.717) is 0 Å². The van der Waals surface area contributed by atoms with Crippen molar-refractivity contribution in [1.29, 1.82) is 0 Å². The molecule has 0 saturated heterocycles. The predicted molar refractivity (Wildman–Crippen MR) is 76.0 cm³/mol. The van der Waals surface area contributed by atoms with Gasteiger partial charge in [-0.1, -0.05) is 65.3 Å². The highest BCUT2D eigenvalue weighted by molar-refractivity contribution is 9.11. The van der Waals surface area contributed by atoms with Crippen molar-refractivity contribution in [2.24, 2.45) is 0 Å². The van der Waals surface area contributed by atoms with Gasteiger partial charge in [-0.25, -0.2) is 0 Å². The Morgan fingerprint density at radius 2 is 1.94 bits per heavy atom. The Labute approximate surface area is 107 Å². The molecule has 0 amide bonds. The van der Waals surface area contributed by atoms with E-state index in [2.05, 4.69) is 67.2 Å². The van der Waals surface area contributed by atoms with Crippen LogP contribution in [0.25, 0.3) is 0 Å². The maximum absolute atomic E-state index is 3.96. The molecule has 0 aliphatic rings. The lowest BCUT2D eigenvalue weighted by molar-refractivity contribution is 0.546. The zero-order valence-electron chi connectivity index (χ0n) is 10.1. The van der Waals surface area contributed by atoms with Gasteiger partial charge in [0.2, 0.25) is 0 Å². The molecule has 0 saturated carbocycles. The zero-order chi connectivity index (χ0) is 12.2. The average molecular weight is 279 g/mol. The normalized spacial score (nSPS) is 14.2. The van der Waals surface area contributed by atoms with Gasteiger partial charge < -0.3 is 0 Å². The number of halogens is 1. The number of benzene rings is 1. The first kappa shape index (κ1) is 13.2. The minimum Gasteiger partial charge on any atom is -0.102 e. The molecule has 0 N–H and O–H groups in total. The molecule has 0 aromatic heterocycles. The van der Waals surface area contributed by atoms with Crippen LogP contribution in [-0.4, -0.2) is 0 Å². The van der Waals surface area contributed by atoms with Crippen LogP contribution < -0.4 is 0 Å². The third-order valence-corrected chi connectivity index (χ3v) is 3.47. The third-order valence-electron chi connectivity index (χ3n) is 3.08. The molecule has 1 aromatic carbocycles. The Balaban J connectivity index is 2.90. The van der Waals surface area contributed by atoms with Gasteiger partial charge in [-0.2, -0.15) is 0 Å².